The number of hydrogen-bond acceptors (Lipinski definition) is 2. The predicted molar refractivity (Wildman–Crippen MR) is 113 cm³/mol. The van der Waals surface area contributed by atoms with Crippen molar-refractivity contribution in [2.45, 2.75) is 38.9 Å². The van der Waals surface area contributed by atoms with Gasteiger partial charge in [-0.25, -0.2) is 0 Å². The third kappa shape index (κ3) is 7.44. The van der Waals surface area contributed by atoms with Crippen LogP contribution in [-0.2, 0) is 4.74 Å². The van der Waals surface area contributed by atoms with Gasteiger partial charge in [-0.15, -0.1) is 0 Å². The summed E-state index contributed by atoms with van der Waals surface area (Å²) in [6, 6.07) is 15.3. The average molecular weight is 411 g/mol. The first kappa shape index (κ1) is 22.2. The molecule has 0 fully saturated rings. The van der Waals surface area contributed by atoms with Crippen LogP contribution in [0.3, 0.4) is 0 Å². The molecule has 3 nitrogen and oxygen atoms in total. The molecule has 0 aromatic heterocycles. The quantitative estimate of drug-likeness (QED) is 0.582. The van der Waals surface area contributed by atoms with E-state index in [2.05, 4.69) is 13.8 Å². The Morgan fingerprint density at radius 3 is 1.70 bits per heavy atom. The topological polar surface area (TPSA) is 33.9 Å². The minimum Gasteiger partial charge on any atom is -0.385 e. The van der Waals surface area contributed by atoms with E-state index in [1.807, 2.05) is 48.5 Å². The highest BCUT2D eigenvalue weighted by Crippen LogP contribution is 2.28. The molecule has 0 spiro atoms. The average Bonchev–Trinajstić information content (AvgIpc) is 2.65. The predicted octanol–water partition coefficient (Wildman–Crippen LogP) is 4.17. The molecule has 2 rings (SSSR count). The Kier molecular flexibility index (Phi) is 9.60. The van der Waals surface area contributed by atoms with Crippen LogP contribution in [0.4, 0.5) is 0 Å². The zero-order chi connectivity index (χ0) is 19.6. The summed E-state index contributed by atoms with van der Waals surface area (Å²) in [6.45, 7) is 7.49. The summed E-state index contributed by atoms with van der Waals surface area (Å²) in [4.78, 5) is 1.42. The number of aliphatic hydroxyl groups is 1. The molecule has 27 heavy (non-hydrogen) atoms. The molecule has 2 aromatic rings. The van der Waals surface area contributed by atoms with Crippen molar-refractivity contribution in [3.63, 3.8) is 0 Å². The van der Waals surface area contributed by atoms with Crippen molar-refractivity contribution < 1.29 is 14.7 Å². The fourth-order valence-electron chi connectivity index (χ4n) is 3.30. The Morgan fingerprint density at radius 1 is 0.852 bits per heavy atom. The van der Waals surface area contributed by atoms with E-state index >= 15 is 0 Å². The molecule has 0 aliphatic carbocycles. The molecule has 0 heterocycles. The first-order valence-corrected chi connectivity index (χ1v) is 10.4. The van der Waals surface area contributed by atoms with Crippen molar-refractivity contribution in [1.82, 2.24) is 0 Å². The van der Waals surface area contributed by atoms with Crippen molar-refractivity contribution in [2.75, 3.05) is 26.2 Å². The summed E-state index contributed by atoms with van der Waals surface area (Å²) in [5.41, 5.74) is 2.00. The minimum atomic E-state index is -0.500. The molecule has 1 atom stereocenters. The fourth-order valence-corrected chi connectivity index (χ4v) is 3.55. The first-order valence-electron chi connectivity index (χ1n) is 9.67. The van der Waals surface area contributed by atoms with Crippen LogP contribution in [0.5, 0.6) is 0 Å². The molecule has 148 valence electrons. The van der Waals surface area contributed by atoms with Gasteiger partial charge in [-0.3, -0.25) is 0 Å². The SMILES string of the molecule is CCC[NH+](CCC)C[C@H](O)COC(c1ccc(Cl)cc1)c1ccc(Cl)cc1. The third-order valence-electron chi connectivity index (χ3n) is 4.53. The first-order chi connectivity index (χ1) is 13.0. The zero-order valence-electron chi connectivity index (χ0n) is 16.1. The summed E-state index contributed by atoms with van der Waals surface area (Å²) in [7, 11) is 0. The minimum absolute atomic E-state index is 0.269. The van der Waals surface area contributed by atoms with Crippen molar-refractivity contribution in [3.05, 3.63) is 69.7 Å². The molecular formula is C22H30Cl2NO2+. The van der Waals surface area contributed by atoms with Crippen LogP contribution < -0.4 is 4.90 Å². The standard InChI is InChI=1S/C22H29Cl2NO2/c1-3-13-25(14-4-2)15-21(26)16-27-22(17-5-9-19(23)10-6-17)18-7-11-20(24)12-8-18/h5-12,21-22,26H,3-4,13-16H2,1-2H3/p+1/t21-/m0/s1. The number of ether oxygens (including phenoxy) is 1. The Balaban J connectivity index is 2.07. The van der Waals surface area contributed by atoms with E-state index in [4.69, 9.17) is 27.9 Å². The normalized spacial score (nSPS) is 12.7. The Morgan fingerprint density at radius 2 is 1.30 bits per heavy atom. The number of rotatable bonds is 11. The second-order valence-electron chi connectivity index (χ2n) is 6.92. The molecule has 0 saturated heterocycles. The van der Waals surface area contributed by atoms with Gasteiger partial charge in [-0.05, 0) is 48.2 Å². The molecule has 2 aromatic carbocycles. The van der Waals surface area contributed by atoms with Crippen LogP contribution in [0.1, 0.15) is 43.9 Å². The van der Waals surface area contributed by atoms with E-state index < -0.39 is 6.10 Å². The van der Waals surface area contributed by atoms with E-state index in [1.165, 1.54) is 4.90 Å². The maximum atomic E-state index is 10.5. The molecule has 0 saturated carbocycles. The molecule has 0 amide bonds. The number of aliphatic hydroxyl groups excluding tert-OH is 1. The maximum absolute atomic E-state index is 10.5. The molecule has 0 aliphatic rings. The van der Waals surface area contributed by atoms with E-state index in [0.29, 0.717) is 16.6 Å². The lowest BCUT2D eigenvalue weighted by atomic mass is 10.0. The van der Waals surface area contributed by atoms with E-state index in [-0.39, 0.29) is 12.7 Å². The van der Waals surface area contributed by atoms with Crippen molar-refractivity contribution >= 4 is 23.2 Å². The van der Waals surface area contributed by atoms with Crippen molar-refractivity contribution in [3.8, 4) is 0 Å². The number of halogens is 2. The fraction of sp³-hybridized carbons (Fsp3) is 0.455. The van der Waals surface area contributed by atoms with Crippen LogP contribution in [0.15, 0.2) is 48.5 Å². The second-order valence-corrected chi connectivity index (χ2v) is 7.80. The van der Waals surface area contributed by atoms with E-state index in [0.717, 1.165) is 37.1 Å². The van der Waals surface area contributed by atoms with Gasteiger partial charge < -0.3 is 14.7 Å². The molecule has 0 bridgehead atoms. The zero-order valence-corrected chi connectivity index (χ0v) is 17.6. The lowest BCUT2D eigenvalue weighted by Crippen LogP contribution is -3.13. The lowest BCUT2D eigenvalue weighted by molar-refractivity contribution is -0.903. The van der Waals surface area contributed by atoms with Crippen LogP contribution in [0, 0.1) is 0 Å². The van der Waals surface area contributed by atoms with Crippen LogP contribution in [-0.4, -0.2) is 37.5 Å². The molecule has 2 N–H and O–H groups in total. The molecule has 0 radical (unpaired) electrons. The Bertz CT molecular complexity index is 610. The molecular weight excluding hydrogens is 381 g/mol. The molecule has 5 heteroatoms. The van der Waals surface area contributed by atoms with Gasteiger partial charge in [0.15, 0.2) is 0 Å². The van der Waals surface area contributed by atoms with Crippen molar-refractivity contribution in [2.24, 2.45) is 0 Å². The maximum Gasteiger partial charge on any atom is 0.126 e. The Labute approximate surface area is 172 Å². The van der Waals surface area contributed by atoms with Gasteiger partial charge in [0.05, 0.1) is 19.7 Å². The monoisotopic (exact) mass is 410 g/mol. The van der Waals surface area contributed by atoms with Gasteiger partial charge >= 0.3 is 0 Å². The summed E-state index contributed by atoms with van der Waals surface area (Å²) < 4.78 is 6.16. The smallest absolute Gasteiger partial charge is 0.126 e. The van der Waals surface area contributed by atoms with Crippen LogP contribution in [0.25, 0.3) is 0 Å². The number of benzene rings is 2. The lowest BCUT2D eigenvalue weighted by Gasteiger charge is -2.24. The van der Waals surface area contributed by atoms with E-state index in [1.54, 1.807) is 0 Å². The highest BCUT2D eigenvalue weighted by molar-refractivity contribution is 6.30. The van der Waals surface area contributed by atoms with Gasteiger partial charge in [0, 0.05) is 10.0 Å². The van der Waals surface area contributed by atoms with Crippen LogP contribution in [0.2, 0.25) is 10.0 Å². The molecule has 0 aliphatic heterocycles. The summed E-state index contributed by atoms with van der Waals surface area (Å²) in [6.07, 6.45) is 1.46. The highest BCUT2D eigenvalue weighted by atomic mass is 35.5. The summed E-state index contributed by atoms with van der Waals surface area (Å²) in [5, 5.41) is 11.9. The number of hydrogen-bond donors (Lipinski definition) is 2. The summed E-state index contributed by atoms with van der Waals surface area (Å²) >= 11 is 12.1. The Hall–Kier alpha value is -1.10. The third-order valence-corrected chi connectivity index (χ3v) is 5.04. The molecule has 0 unspecified atom stereocenters. The number of quaternary nitrogens is 1. The number of nitrogens with one attached hydrogen (secondary N) is 1. The van der Waals surface area contributed by atoms with Gasteiger partial charge in [-0.1, -0.05) is 61.3 Å². The van der Waals surface area contributed by atoms with Crippen LogP contribution >= 0.6 is 23.2 Å². The van der Waals surface area contributed by atoms with Crippen molar-refractivity contribution in [1.29, 1.82) is 0 Å². The summed E-state index contributed by atoms with van der Waals surface area (Å²) in [5.74, 6) is 0. The largest absolute Gasteiger partial charge is 0.385 e. The van der Waals surface area contributed by atoms with E-state index in [9.17, 15) is 5.11 Å². The van der Waals surface area contributed by atoms with Gasteiger partial charge in [-0.2, -0.15) is 0 Å². The highest BCUT2D eigenvalue weighted by Gasteiger charge is 2.19. The second kappa shape index (κ2) is 11.7. The van der Waals surface area contributed by atoms with Gasteiger partial charge in [0.2, 0.25) is 0 Å². The van der Waals surface area contributed by atoms with Gasteiger partial charge in [0.25, 0.3) is 0 Å². The van der Waals surface area contributed by atoms with Gasteiger partial charge in [0.1, 0.15) is 18.8 Å².